The van der Waals surface area contributed by atoms with Crippen LogP contribution in [0.2, 0.25) is 0 Å². The van der Waals surface area contributed by atoms with E-state index in [0.29, 0.717) is 18.7 Å². The largest absolute Gasteiger partial charge is 0.352 e. The van der Waals surface area contributed by atoms with Crippen LogP contribution in [0.5, 0.6) is 0 Å². The summed E-state index contributed by atoms with van der Waals surface area (Å²) < 4.78 is 16.3. The maximum Gasteiger partial charge on any atom is 0.352 e. The van der Waals surface area contributed by atoms with E-state index in [9.17, 15) is 23.6 Å². The van der Waals surface area contributed by atoms with Gasteiger partial charge < -0.3 is 9.80 Å². The molecule has 10 heteroatoms. The van der Waals surface area contributed by atoms with Crippen molar-refractivity contribution in [2.75, 3.05) is 26.2 Å². The molecule has 1 saturated heterocycles. The SMILES string of the molecule is CC(=O)N1CCN(C(=O)c2nn(-c3ccccc3F)c(=O)n([C@H](C)c3ccccc3)c2=O)CC1. The van der Waals surface area contributed by atoms with Gasteiger partial charge in [-0.1, -0.05) is 42.5 Å². The third kappa shape index (κ3) is 4.26. The Hall–Kier alpha value is -4.08. The van der Waals surface area contributed by atoms with Crippen molar-refractivity contribution in [2.24, 2.45) is 0 Å². The number of aromatic nitrogens is 3. The summed E-state index contributed by atoms with van der Waals surface area (Å²) >= 11 is 0. The Bertz CT molecular complexity index is 1340. The van der Waals surface area contributed by atoms with E-state index in [-0.39, 0.29) is 24.7 Å². The highest BCUT2D eigenvalue weighted by Gasteiger charge is 2.30. The second kappa shape index (κ2) is 9.42. The van der Waals surface area contributed by atoms with Gasteiger partial charge in [0, 0.05) is 33.1 Å². The predicted octanol–water partition coefficient (Wildman–Crippen LogP) is 1.45. The molecule has 2 aromatic carbocycles. The third-order valence-electron chi connectivity index (χ3n) is 5.97. The average molecular weight is 465 g/mol. The van der Waals surface area contributed by atoms with Gasteiger partial charge in [0.2, 0.25) is 11.6 Å². The molecule has 2 amide bonds. The van der Waals surface area contributed by atoms with Crippen molar-refractivity contribution in [1.82, 2.24) is 24.1 Å². The van der Waals surface area contributed by atoms with Crippen LogP contribution in [0.15, 0.2) is 64.2 Å². The molecule has 2 heterocycles. The van der Waals surface area contributed by atoms with Gasteiger partial charge in [0.25, 0.3) is 11.5 Å². The quantitative estimate of drug-likeness (QED) is 0.581. The second-order valence-corrected chi connectivity index (χ2v) is 8.05. The molecule has 0 unspecified atom stereocenters. The van der Waals surface area contributed by atoms with Crippen LogP contribution in [0.1, 0.15) is 35.9 Å². The first-order valence-electron chi connectivity index (χ1n) is 10.9. The maximum absolute atomic E-state index is 14.6. The van der Waals surface area contributed by atoms with Gasteiger partial charge in [-0.2, -0.15) is 9.78 Å². The summed E-state index contributed by atoms with van der Waals surface area (Å²) in [6.07, 6.45) is 0. The van der Waals surface area contributed by atoms with E-state index in [2.05, 4.69) is 5.10 Å². The van der Waals surface area contributed by atoms with Gasteiger partial charge in [-0.15, -0.1) is 0 Å². The smallest absolute Gasteiger partial charge is 0.339 e. The molecule has 1 fully saturated rings. The van der Waals surface area contributed by atoms with Gasteiger partial charge in [0.1, 0.15) is 11.5 Å². The van der Waals surface area contributed by atoms with E-state index in [1.165, 1.54) is 36.1 Å². The molecule has 1 atom stereocenters. The second-order valence-electron chi connectivity index (χ2n) is 8.05. The van der Waals surface area contributed by atoms with Crippen molar-refractivity contribution in [3.8, 4) is 5.69 Å². The number of hydrogen-bond donors (Lipinski definition) is 0. The molecular formula is C24H24FN5O4. The van der Waals surface area contributed by atoms with Crippen molar-refractivity contribution in [1.29, 1.82) is 0 Å². The van der Waals surface area contributed by atoms with Crippen LogP contribution in [0.4, 0.5) is 4.39 Å². The van der Waals surface area contributed by atoms with E-state index in [0.717, 1.165) is 9.25 Å². The van der Waals surface area contributed by atoms with Crippen molar-refractivity contribution >= 4 is 11.8 Å². The van der Waals surface area contributed by atoms with Crippen LogP contribution in [0, 0.1) is 5.82 Å². The first-order valence-corrected chi connectivity index (χ1v) is 10.9. The van der Waals surface area contributed by atoms with Gasteiger partial charge in [-0.25, -0.2) is 13.8 Å². The van der Waals surface area contributed by atoms with Crippen molar-refractivity contribution in [3.05, 3.63) is 92.5 Å². The molecule has 1 aliphatic rings. The zero-order valence-electron chi connectivity index (χ0n) is 18.8. The minimum atomic E-state index is -0.857. The monoisotopic (exact) mass is 465 g/mol. The Morgan fingerprint density at radius 3 is 2.12 bits per heavy atom. The molecule has 4 rings (SSSR count). The number of rotatable bonds is 4. The summed E-state index contributed by atoms with van der Waals surface area (Å²) in [5.74, 6) is -1.49. The molecule has 9 nitrogen and oxygen atoms in total. The fourth-order valence-corrected chi connectivity index (χ4v) is 4.00. The molecule has 3 aromatic rings. The van der Waals surface area contributed by atoms with E-state index < -0.39 is 34.7 Å². The zero-order chi connectivity index (χ0) is 24.4. The molecular weight excluding hydrogens is 441 g/mol. The molecule has 1 aliphatic heterocycles. The number of carbonyl (C=O) groups excluding carboxylic acids is 2. The summed E-state index contributed by atoms with van der Waals surface area (Å²) in [5.41, 5.74) is -1.70. The maximum atomic E-state index is 14.6. The van der Waals surface area contributed by atoms with E-state index >= 15 is 0 Å². The number of nitrogens with zero attached hydrogens (tertiary/aromatic N) is 5. The highest BCUT2D eigenvalue weighted by atomic mass is 19.1. The molecule has 176 valence electrons. The minimum Gasteiger partial charge on any atom is -0.339 e. The number of halogens is 1. The van der Waals surface area contributed by atoms with E-state index in [1.807, 2.05) is 0 Å². The lowest BCUT2D eigenvalue weighted by Gasteiger charge is -2.34. The standard InChI is InChI=1S/C24H24FN5O4/c1-16(18-8-4-3-5-9-18)29-23(33)21(22(32)28-14-12-27(13-15-28)17(2)31)26-30(24(29)34)20-11-7-6-10-19(20)25/h3-11,16H,12-15H2,1-2H3/t16-/m1/s1. The predicted molar refractivity (Wildman–Crippen MR) is 122 cm³/mol. The van der Waals surface area contributed by atoms with Crippen LogP contribution in [-0.4, -0.2) is 62.1 Å². The van der Waals surface area contributed by atoms with E-state index in [4.69, 9.17) is 0 Å². The van der Waals surface area contributed by atoms with Crippen LogP contribution >= 0.6 is 0 Å². The number of amides is 2. The van der Waals surface area contributed by atoms with Crippen molar-refractivity contribution in [3.63, 3.8) is 0 Å². The molecule has 0 saturated carbocycles. The van der Waals surface area contributed by atoms with Gasteiger partial charge in [-0.3, -0.25) is 14.4 Å². The van der Waals surface area contributed by atoms with Gasteiger partial charge >= 0.3 is 5.69 Å². The number of benzene rings is 2. The summed E-state index contributed by atoms with van der Waals surface area (Å²) in [6.45, 7) is 4.18. The summed E-state index contributed by atoms with van der Waals surface area (Å²) in [6, 6.07) is 13.6. The Morgan fingerprint density at radius 1 is 0.912 bits per heavy atom. The normalized spacial score (nSPS) is 14.7. The first kappa shape index (κ1) is 23.1. The highest BCUT2D eigenvalue weighted by molar-refractivity contribution is 5.92. The van der Waals surface area contributed by atoms with Crippen LogP contribution in [-0.2, 0) is 4.79 Å². The first-order chi connectivity index (χ1) is 16.3. The lowest BCUT2D eigenvalue weighted by atomic mass is 10.1. The molecule has 0 spiro atoms. The third-order valence-corrected chi connectivity index (χ3v) is 5.97. The minimum absolute atomic E-state index is 0.0997. The van der Waals surface area contributed by atoms with Gasteiger partial charge in [0.15, 0.2) is 0 Å². The van der Waals surface area contributed by atoms with Gasteiger partial charge in [0.05, 0.1) is 6.04 Å². The Balaban J connectivity index is 1.85. The lowest BCUT2D eigenvalue weighted by Crippen LogP contribution is -2.53. The zero-order valence-corrected chi connectivity index (χ0v) is 18.8. The van der Waals surface area contributed by atoms with Crippen LogP contribution in [0.25, 0.3) is 5.69 Å². The number of hydrogen-bond acceptors (Lipinski definition) is 5. The molecule has 0 aliphatic carbocycles. The van der Waals surface area contributed by atoms with Crippen molar-refractivity contribution < 1.29 is 14.0 Å². The Kier molecular flexibility index (Phi) is 6.40. The number of piperazine rings is 1. The fourth-order valence-electron chi connectivity index (χ4n) is 4.00. The van der Waals surface area contributed by atoms with E-state index in [1.54, 1.807) is 42.2 Å². The average Bonchev–Trinajstić information content (AvgIpc) is 2.85. The number of para-hydroxylation sites is 1. The Morgan fingerprint density at radius 2 is 1.50 bits per heavy atom. The summed E-state index contributed by atoms with van der Waals surface area (Å²) in [7, 11) is 0. The fraction of sp³-hybridized carbons (Fsp3) is 0.292. The lowest BCUT2D eigenvalue weighted by molar-refractivity contribution is -0.130. The molecule has 0 N–H and O–H groups in total. The summed E-state index contributed by atoms with van der Waals surface area (Å²) in [4.78, 5) is 54.7. The Labute approximate surface area is 194 Å². The molecule has 0 radical (unpaired) electrons. The van der Waals surface area contributed by atoms with Crippen LogP contribution < -0.4 is 11.2 Å². The van der Waals surface area contributed by atoms with Crippen LogP contribution in [0.3, 0.4) is 0 Å². The molecule has 0 bridgehead atoms. The van der Waals surface area contributed by atoms with Crippen molar-refractivity contribution in [2.45, 2.75) is 19.9 Å². The number of carbonyl (C=O) groups is 2. The van der Waals surface area contributed by atoms with Gasteiger partial charge in [-0.05, 0) is 24.6 Å². The highest BCUT2D eigenvalue weighted by Crippen LogP contribution is 2.16. The molecule has 34 heavy (non-hydrogen) atoms. The molecule has 1 aromatic heterocycles. The topological polar surface area (TPSA) is 97.5 Å². The summed E-state index contributed by atoms with van der Waals surface area (Å²) in [5, 5.41) is 4.03.